The molecule has 0 aromatic heterocycles. The maximum absolute atomic E-state index is 3.46. The summed E-state index contributed by atoms with van der Waals surface area (Å²) in [6, 6.07) is 1.80. The number of hydrogen-bond donors (Lipinski definition) is 1. The summed E-state index contributed by atoms with van der Waals surface area (Å²) in [5.41, 5.74) is 0. The minimum Gasteiger partial charge on any atom is -0.317 e. The molecule has 2 aliphatic rings. The van der Waals surface area contributed by atoms with Crippen molar-refractivity contribution in [2.24, 2.45) is 0 Å². The summed E-state index contributed by atoms with van der Waals surface area (Å²) in [5.74, 6) is 0. The Hall–Kier alpha value is -0.0800. The first kappa shape index (κ1) is 10.4. The molecule has 2 nitrogen and oxygen atoms in total. The fourth-order valence-electron chi connectivity index (χ4n) is 3.19. The summed E-state index contributed by atoms with van der Waals surface area (Å²) < 4.78 is 0. The van der Waals surface area contributed by atoms with Crippen molar-refractivity contribution >= 4 is 0 Å². The van der Waals surface area contributed by atoms with Crippen LogP contribution < -0.4 is 5.32 Å². The Bertz CT molecular complexity index is 158. The van der Waals surface area contributed by atoms with Crippen LogP contribution in [0.3, 0.4) is 0 Å². The van der Waals surface area contributed by atoms with Gasteiger partial charge in [0.05, 0.1) is 0 Å². The monoisotopic (exact) mass is 196 g/mol. The Balaban J connectivity index is 1.89. The van der Waals surface area contributed by atoms with E-state index in [9.17, 15) is 0 Å². The van der Waals surface area contributed by atoms with E-state index < -0.39 is 0 Å². The molecule has 2 fully saturated rings. The molecular weight excluding hydrogens is 172 g/mol. The van der Waals surface area contributed by atoms with Crippen molar-refractivity contribution < 1.29 is 0 Å². The number of hydrogen-bond acceptors (Lipinski definition) is 2. The molecule has 0 spiro atoms. The Morgan fingerprint density at radius 1 is 1.00 bits per heavy atom. The van der Waals surface area contributed by atoms with Crippen LogP contribution >= 0.6 is 0 Å². The molecule has 0 aromatic rings. The standard InChI is InChI=1S/C12H24N2/c1-2-14(11-5-3-4-6-11)12-7-9-13-10-8-12/h11-13H,2-10H2,1H3. The van der Waals surface area contributed by atoms with Gasteiger partial charge in [-0.15, -0.1) is 0 Å². The summed E-state index contributed by atoms with van der Waals surface area (Å²) in [7, 11) is 0. The van der Waals surface area contributed by atoms with Crippen LogP contribution in [0.4, 0.5) is 0 Å². The van der Waals surface area contributed by atoms with Gasteiger partial charge in [-0.3, -0.25) is 4.90 Å². The van der Waals surface area contributed by atoms with Gasteiger partial charge in [0.1, 0.15) is 0 Å². The lowest BCUT2D eigenvalue weighted by molar-refractivity contribution is 0.118. The van der Waals surface area contributed by atoms with Gasteiger partial charge in [0, 0.05) is 12.1 Å². The molecule has 14 heavy (non-hydrogen) atoms. The summed E-state index contributed by atoms with van der Waals surface area (Å²) in [4.78, 5) is 2.79. The first-order valence-corrected chi connectivity index (χ1v) is 6.38. The number of piperidine rings is 1. The van der Waals surface area contributed by atoms with Crippen LogP contribution in [-0.2, 0) is 0 Å². The van der Waals surface area contributed by atoms with Gasteiger partial charge in [-0.2, -0.15) is 0 Å². The normalized spacial score (nSPS) is 26.1. The van der Waals surface area contributed by atoms with Crippen molar-refractivity contribution in [2.75, 3.05) is 19.6 Å². The molecule has 1 heterocycles. The first-order valence-electron chi connectivity index (χ1n) is 6.38. The molecule has 0 atom stereocenters. The summed E-state index contributed by atoms with van der Waals surface area (Å²) in [6.45, 7) is 6.05. The van der Waals surface area contributed by atoms with Gasteiger partial charge in [-0.1, -0.05) is 19.8 Å². The quantitative estimate of drug-likeness (QED) is 0.743. The fraction of sp³-hybridized carbons (Fsp3) is 1.00. The Labute approximate surface area is 88.1 Å². The van der Waals surface area contributed by atoms with E-state index in [0.29, 0.717) is 0 Å². The van der Waals surface area contributed by atoms with Crippen molar-refractivity contribution in [3.05, 3.63) is 0 Å². The van der Waals surface area contributed by atoms with E-state index in [1.165, 1.54) is 58.2 Å². The summed E-state index contributed by atoms with van der Waals surface area (Å²) in [6.07, 6.45) is 8.57. The molecule has 2 heteroatoms. The molecule has 1 aliphatic carbocycles. The molecule has 0 aromatic carbocycles. The molecule has 1 saturated carbocycles. The van der Waals surface area contributed by atoms with Crippen molar-refractivity contribution in [2.45, 2.75) is 57.5 Å². The van der Waals surface area contributed by atoms with E-state index >= 15 is 0 Å². The zero-order valence-corrected chi connectivity index (χ0v) is 9.47. The summed E-state index contributed by atoms with van der Waals surface area (Å²) in [5, 5.41) is 3.46. The topological polar surface area (TPSA) is 15.3 Å². The van der Waals surface area contributed by atoms with Crippen LogP contribution in [0, 0.1) is 0 Å². The van der Waals surface area contributed by atoms with Gasteiger partial charge >= 0.3 is 0 Å². The fourth-order valence-corrected chi connectivity index (χ4v) is 3.19. The van der Waals surface area contributed by atoms with Gasteiger partial charge in [0.15, 0.2) is 0 Å². The highest BCUT2D eigenvalue weighted by Crippen LogP contribution is 2.27. The van der Waals surface area contributed by atoms with E-state index in [0.717, 1.165) is 12.1 Å². The van der Waals surface area contributed by atoms with Crippen molar-refractivity contribution in [3.8, 4) is 0 Å². The van der Waals surface area contributed by atoms with Gasteiger partial charge in [-0.25, -0.2) is 0 Å². The Morgan fingerprint density at radius 2 is 1.57 bits per heavy atom. The SMILES string of the molecule is CCN(C1CCCC1)C1CCNCC1. The molecule has 1 N–H and O–H groups in total. The number of rotatable bonds is 3. The Kier molecular flexibility index (Phi) is 3.82. The van der Waals surface area contributed by atoms with E-state index in [2.05, 4.69) is 17.1 Å². The molecule has 1 saturated heterocycles. The third-order valence-corrected chi connectivity index (χ3v) is 3.94. The predicted molar refractivity (Wildman–Crippen MR) is 60.5 cm³/mol. The smallest absolute Gasteiger partial charge is 0.0122 e. The lowest BCUT2D eigenvalue weighted by Crippen LogP contribution is -2.47. The van der Waals surface area contributed by atoms with Gasteiger partial charge in [-0.05, 0) is 45.3 Å². The highest BCUT2D eigenvalue weighted by molar-refractivity contribution is 4.84. The second-order valence-corrected chi connectivity index (χ2v) is 4.75. The van der Waals surface area contributed by atoms with Crippen LogP contribution in [0.25, 0.3) is 0 Å². The van der Waals surface area contributed by atoms with Gasteiger partial charge in [0.2, 0.25) is 0 Å². The molecule has 0 amide bonds. The second-order valence-electron chi connectivity index (χ2n) is 4.75. The van der Waals surface area contributed by atoms with Crippen molar-refractivity contribution in [3.63, 3.8) is 0 Å². The highest BCUT2D eigenvalue weighted by atomic mass is 15.2. The third kappa shape index (κ3) is 2.29. The van der Waals surface area contributed by atoms with Crippen LogP contribution in [0.2, 0.25) is 0 Å². The molecular formula is C12H24N2. The lowest BCUT2D eigenvalue weighted by Gasteiger charge is -2.38. The van der Waals surface area contributed by atoms with E-state index in [1.54, 1.807) is 0 Å². The highest BCUT2D eigenvalue weighted by Gasteiger charge is 2.27. The predicted octanol–water partition coefficient (Wildman–Crippen LogP) is 2.00. The van der Waals surface area contributed by atoms with Crippen LogP contribution in [0.5, 0.6) is 0 Å². The minimum atomic E-state index is 0.879. The zero-order chi connectivity index (χ0) is 9.80. The molecule has 0 unspecified atom stereocenters. The van der Waals surface area contributed by atoms with E-state index in [4.69, 9.17) is 0 Å². The molecule has 2 rings (SSSR count). The molecule has 0 bridgehead atoms. The first-order chi connectivity index (χ1) is 6.92. The number of nitrogens with one attached hydrogen (secondary N) is 1. The largest absolute Gasteiger partial charge is 0.317 e. The second kappa shape index (κ2) is 5.13. The minimum absolute atomic E-state index is 0.879. The zero-order valence-electron chi connectivity index (χ0n) is 9.47. The molecule has 0 radical (unpaired) electrons. The van der Waals surface area contributed by atoms with Gasteiger partial charge in [0.25, 0.3) is 0 Å². The van der Waals surface area contributed by atoms with Crippen molar-refractivity contribution in [1.82, 2.24) is 10.2 Å². The average Bonchev–Trinajstić information content (AvgIpc) is 2.74. The van der Waals surface area contributed by atoms with E-state index in [1.807, 2.05) is 0 Å². The Morgan fingerprint density at radius 3 is 2.14 bits per heavy atom. The molecule has 1 aliphatic heterocycles. The average molecular weight is 196 g/mol. The summed E-state index contributed by atoms with van der Waals surface area (Å²) >= 11 is 0. The van der Waals surface area contributed by atoms with Crippen LogP contribution in [-0.4, -0.2) is 36.6 Å². The van der Waals surface area contributed by atoms with E-state index in [-0.39, 0.29) is 0 Å². The maximum atomic E-state index is 3.46. The third-order valence-electron chi connectivity index (χ3n) is 3.94. The number of nitrogens with zero attached hydrogens (tertiary/aromatic N) is 1. The van der Waals surface area contributed by atoms with Crippen molar-refractivity contribution in [1.29, 1.82) is 0 Å². The maximum Gasteiger partial charge on any atom is 0.0122 e. The van der Waals surface area contributed by atoms with Crippen LogP contribution in [0.15, 0.2) is 0 Å². The lowest BCUT2D eigenvalue weighted by atomic mass is 10.0. The molecule has 82 valence electrons. The van der Waals surface area contributed by atoms with Crippen LogP contribution in [0.1, 0.15) is 45.4 Å². The van der Waals surface area contributed by atoms with Gasteiger partial charge < -0.3 is 5.32 Å².